The molecular weight excluding hydrogens is 309 g/mol. The number of rotatable bonds is 6. The Morgan fingerprint density at radius 3 is 2.83 bits per heavy atom. The molecule has 7 heteroatoms. The molecule has 24 heavy (non-hydrogen) atoms. The first-order chi connectivity index (χ1) is 11.6. The molecular formula is C17H20FN5O. The van der Waals surface area contributed by atoms with Crippen LogP contribution in [0.3, 0.4) is 0 Å². The van der Waals surface area contributed by atoms with E-state index in [9.17, 15) is 9.18 Å². The van der Waals surface area contributed by atoms with Crippen molar-refractivity contribution >= 4 is 11.7 Å². The van der Waals surface area contributed by atoms with Crippen LogP contribution in [-0.2, 0) is 4.79 Å². The summed E-state index contributed by atoms with van der Waals surface area (Å²) >= 11 is 0. The van der Waals surface area contributed by atoms with E-state index in [0.717, 1.165) is 25.2 Å². The number of carbonyl (C=O) groups excluding carboxylic acids is 1. The first-order valence-electron chi connectivity index (χ1n) is 7.97. The van der Waals surface area contributed by atoms with Crippen molar-refractivity contribution in [3.63, 3.8) is 0 Å². The molecule has 1 aromatic carbocycles. The number of halogens is 1. The third kappa shape index (κ3) is 3.68. The van der Waals surface area contributed by atoms with Gasteiger partial charge in [-0.05, 0) is 42.7 Å². The number of hydrogen-bond donors (Lipinski definition) is 2. The smallest absolute Gasteiger partial charge is 0.239 e. The molecule has 0 unspecified atom stereocenters. The van der Waals surface area contributed by atoms with Gasteiger partial charge in [-0.25, -0.2) is 4.39 Å². The number of primary amides is 1. The molecule has 0 aliphatic carbocycles. The highest BCUT2D eigenvalue weighted by atomic mass is 19.1. The summed E-state index contributed by atoms with van der Waals surface area (Å²) < 4.78 is 13.1. The largest absolute Gasteiger partial charge is 0.368 e. The lowest BCUT2D eigenvalue weighted by Crippen LogP contribution is -2.43. The van der Waals surface area contributed by atoms with Gasteiger partial charge in [-0.2, -0.15) is 5.10 Å². The summed E-state index contributed by atoms with van der Waals surface area (Å²) in [7, 11) is 0. The molecule has 2 atom stereocenters. The van der Waals surface area contributed by atoms with Crippen molar-refractivity contribution < 1.29 is 9.18 Å². The lowest BCUT2D eigenvalue weighted by atomic mass is 10.1. The lowest BCUT2D eigenvalue weighted by Gasteiger charge is -2.27. The Hall–Kier alpha value is -2.54. The number of benzene rings is 1. The maximum atomic E-state index is 13.1. The number of anilines is 1. The van der Waals surface area contributed by atoms with Crippen LogP contribution in [-0.4, -0.2) is 35.2 Å². The fourth-order valence-electron chi connectivity index (χ4n) is 3.09. The molecule has 6 nitrogen and oxygen atoms in total. The number of aromatic nitrogens is 2. The summed E-state index contributed by atoms with van der Waals surface area (Å²) in [5, 5.41) is 11.3. The SMILES string of the molecule is NC(=O)[C@@H](NC[C@@H]1CCCN1c1cccnn1)c1ccc(F)cc1. The molecule has 2 heterocycles. The second-order valence-electron chi connectivity index (χ2n) is 5.87. The van der Waals surface area contributed by atoms with Gasteiger partial charge in [-0.1, -0.05) is 12.1 Å². The maximum absolute atomic E-state index is 13.1. The van der Waals surface area contributed by atoms with Crippen molar-refractivity contribution in [3.05, 3.63) is 54.0 Å². The van der Waals surface area contributed by atoms with Crippen LogP contribution in [0.1, 0.15) is 24.4 Å². The molecule has 1 amide bonds. The van der Waals surface area contributed by atoms with Crippen molar-refractivity contribution in [2.24, 2.45) is 5.73 Å². The minimum Gasteiger partial charge on any atom is -0.368 e. The maximum Gasteiger partial charge on any atom is 0.239 e. The quantitative estimate of drug-likeness (QED) is 0.837. The third-order valence-electron chi connectivity index (χ3n) is 4.28. The second-order valence-corrected chi connectivity index (χ2v) is 5.87. The fraction of sp³-hybridized carbons (Fsp3) is 0.353. The van der Waals surface area contributed by atoms with E-state index < -0.39 is 11.9 Å². The molecule has 1 aromatic heterocycles. The molecule has 1 fully saturated rings. The van der Waals surface area contributed by atoms with E-state index in [4.69, 9.17) is 5.73 Å². The topological polar surface area (TPSA) is 84.1 Å². The van der Waals surface area contributed by atoms with Gasteiger partial charge in [-0.15, -0.1) is 5.10 Å². The second kappa shape index (κ2) is 7.35. The van der Waals surface area contributed by atoms with Gasteiger partial charge in [-0.3, -0.25) is 4.79 Å². The van der Waals surface area contributed by atoms with Crippen LogP contribution < -0.4 is 16.0 Å². The molecule has 1 aliphatic rings. The van der Waals surface area contributed by atoms with E-state index in [1.165, 1.54) is 12.1 Å². The summed E-state index contributed by atoms with van der Waals surface area (Å²) in [5.41, 5.74) is 6.17. The Morgan fingerprint density at radius 1 is 1.38 bits per heavy atom. The van der Waals surface area contributed by atoms with Gasteiger partial charge in [0.1, 0.15) is 11.9 Å². The molecule has 126 valence electrons. The van der Waals surface area contributed by atoms with Crippen LogP contribution >= 0.6 is 0 Å². The van der Waals surface area contributed by atoms with E-state index in [0.29, 0.717) is 12.1 Å². The summed E-state index contributed by atoms with van der Waals surface area (Å²) in [4.78, 5) is 14.0. The highest BCUT2D eigenvalue weighted by Gasteiger charge is 2.27. The summed E-state index contributed by atoms with van der Waals surface area (Å²) in [6, 6.07) is 9.16. The van der Waals surface area contributed by atoms with E-state index >= 15 is 0 Å². The zero-order chi connectivity index (χ0) is 16.9. The highest BCUT2D eigenvalue weighted by molar-refractivity contribution is 5.81. The molecule has 0 radical (unpaired) electrons. The summed E-state index contributed by atoms with van der Waals surface area (Å²) in [6.07, 6.45) is 3.70. The van der Waals surface area contributed by atoms with E-state index in [2.05, 4.69) is 20.4 Å². The van der Waals surface area contributed by atoms with Gasteiger partial charge in [0.2, 0.25) is 5.91 Å². The Kier molecular flexibility index (Phi) is 5.00. The number of nitrogens with two attached hydrogens (primary N) is 1. The van der Waals surface area contributed by atoms with Gasteiger partial charge < -0.3 is 16.0 Å². The third-order valence-corrected chi connectivity index (χ3v) is 4.28. The molecule has 2 aromatic rings. The minimum absolute atomic E-state index is 0.212. The predicted molar refractivity (Wildman–Crippen MR) is 88.7 cm³/mol. The molecule has 0 saturated carbocycles. The van der Waals surface area contributed by atoms with Crippen molar-refractivity contribution in [2.45, 2.75) is 24.9 Å². The zero-order valence-electron chi connectivity index (χ0n) is 13.2. The summed E-state index contributed by atoms with van der Waals surface area (Å²) in [5.74, 6) is 0.0106. The minimum atomic E-state index is -0.644. The van der Waals surface area contributed by atoms with Crippen molar-refractivity contribution in [3.8, 4) is 0 Å². The summed E-state index contributed by atoms with van der Waals surface area (Å²) in [6.45, 7) is 1.49. The fourth-order valence-corrected chi connectivity index (χ4v) is 3.09. The van der Waals surface area contributed by atoms with Crippen LogP contribution in [0.4, 0.5) is 10.2 Å². The molecule has 3 N–H and O–H groups in total. The number of nitrogens with one attached hydrogen (secondary N) is 1. The lowest BCUT2D eigenvalue weighted by molar-refractivity contribution is -0.120. The Labute approximate surface area is 139 Å². The first kappa shape index (κ1) is 16.3. The van der Waals surface area contributed by atoms with Gasteiger partial charge in [0, 0.05) is 25.3 Å². The molecule has 0 bridgehead atoms. The standard InChI is InChI=1S/C17H20FN5O/c18-13-7-5-12(6-8-13)16(17(19)24)20-11-14-3-2-10-23(14)15-4-1-9-21-22-15/h1,4-9,14,16,20H,2-3,10-11H2,(H2,19,24)/t14-,16-/m0/s1. The van der Waals surface area contributed by atoms with E-state index in [1.807, 2.05) is 12.1 Å². The number of nitrogens with zero attached hydrogens (tertiary/aromatic N) is 3. The van der Waals surface area contributed by atoms with E-state index in [-0.39, 0.29) is 11.9 Å². The number of amides is 1. The Balaban J connectivity index is 1.68. The van der Waals surface area contributed by atoms with Gasteiger partial charge in [0.05, 0.1) is 0 Å². The average Bonchev–Trinajstić information content (AvgIpc) is 3.06. The molecule has 1 aliphatic heterocycles. The monoisotopic (exact) mass is 329 g/mol. The van der Waals surface area contributed by atoms with Crippen LogP contribution in [0.2, 0.25) is 0 Å². The zero-order valence-corrected chi connectivity index (χ0v) is 13.2. The van der Waals surface area contributed by atoms with Gasteiger partial charge in [0.25, 0.3) is 0 Å². The Bertz CT molecular complexity index is 679. The number of hydrogen-bond acceptors (Lipinski definition) is 5. The van der Waals surface area contributed by atoms with Gasteiger partial charge >= 0.3 is 0 Å². The highest BCUT2D eigenvalue weighted by Crippen LogP contribution is 2.23. The van der Waals surface area contributed by atoms with E-state index in [1.54, 1.807) is 18.3 Å². The van der Waals surface area contributed by atoms with Crippen molar-refractivity contribution in [1.29, 1.82) is 0 Å². The molecule has 1 saturated heterocycles. The average molecular weight is 329 g/mol. The number of carbonyl (C=O) groups is 1. The van der Waals surface area contributed by atoms with Gasteiger partial charge in [0.15, 0.2) is 5.82 Å². The van der Waals surface area contributed by atoms with Crippen molar-refractivity contribution in [2.75, 3.05) is 18.0 Å². The molecule has 0 spiro atoms. The predicted octanol–water partition coefficient (Wildman–Crippen LogP) is 1.40. The van der Waals surface area contributed by atoms with Crippen LogP contribution in [0.15, 0.2) is 42.6 Å². The van der Waals surface area contributed by atoms with Crippen LogP contribution in [0.25, 0.3) is 0 Å². The first-order valence-corrected chi connectivity index (χ1v) is 7.97. The normalized spacial score (nSPS) is 18.5. The van der Waals surface area contributed by atoms with Crippen LogP contribution in [0.5, 0.6) is 0 Å². The van der Waals surface area contributed by atoms with Crippen LogP contribution in [0, 0.1) is 5.82 Å². The molecule has 3 rings (SSSR count). The van der Waals surface area contributed by atoms with Crippen molar-refractivity contribution in [1.82, 2.24) is 15.5 Å². The Morgan fingerprint density at radius 2 is 2.17 bits per heavy atom.